The lowest BCUT2D eigenvalue weighted by Gasteiger charge is -1.94. The van der Waals surface area contributed by atoms with Gasteiger partial charge in [0, 0.05) is 6.42 Å². The van der Waals surface area contributed by atoms with Gasteiger partial charge in [0.1, 0.15) is 6.61 Å². The van der Waals surface area contributed by atoms with Gasteiger partial charge in [0.25, 0.3) is 0 Å². The first-order valence-electron chi connectivity index (χ1n) is 4.47. The highest BCUT2D eigenvalue weighted by molar-refractivity contribution is 5.01. The molecular weight excluding hydrogens is 172 g/mol. The number of rotatable bonds is 5. The van der Waals surface area contributed by atoms with Gasteiger partial charge in [-0.1, -0.05) is 19.8 Å². The second-order valence-electron chi connectivity index (χ2n) is 2.90. The van der Waals surface area contributed by atoms with Crippen molar-refractivity contribution in [3.8, 4) is 0 Å². The Labute approximate surface area is 76.2 Å². The van der Waals surface area contributed by atoms with Gasteiger partial charge in [0.15, 0.2) is 11.5 Å². The first-order chi connectivity index (χ1) is 6.27. The molecule has 0 unspecified atom stereocenters. The zero-order valence-corrected chi connectivity index (χ0v) is 7.67. The molecule has 73 valence electrons. The van der Waals surface area contributed by atoms with Crippen molar-refractivity contribution in [3.05, 3.63) is 22.1 Å². The lowest BCUT2D eigenvalue weighted by molar-refractivity contribution is 0.152. The van der Waals surface area contributed by atoms with Gasteiger partial charge in [-0.3, -0.25) is 0 Å². The zero-order valence-electron chi connectivity index (χ0n) is 7.67. The summed E-state index contributed by atoms with van der Waals surface area (Å²) in [4.78, 5) is 10.6. The lowest BCUT2D eigenvalue weighted by atomic mass is 10.1. The van der Waals surface area contributed by atoms with Crippen LogP contribution >= 0.6 is 0 Å². The van der Waals surface area contributed by atoms with E-state index in [1.54, 1.807) is 0 Å². The maximum atomic E-state index is 10.6. The lowest BCUT2D eigenvalue weighted by Crippen LogP contribution is -1.88. The molecule has 0 aliphatic carbocycles. The highest BCUT2D eigenvalue weighted by Crippen LogP contribution is 2.11. The highest BCUT2D eigenvalue weighted by atomic mass is 16.6. The van der Waals surface area contributed by atoms with E-state index in [4.69, 9.17) is 4.42 Å². The smallest absolute Gasteiger partial charge is 0.396 e. The molecule has 0 aliphatic rings. The van der Waals surface area contributed by atoms with Crippen molar-refractivity contribution < 1.29 is 13.9 Å². The van der Waals surface area contributed by atoms with Crippen LogP contribution in [0.15, 0.2) is 13.6 Å². The molecule has 1 aromatic heterocycles. The molecule has 0 saturated carbocycles. The fourth-order valence-corrected chi connectivity index (χ4v) is 1.17. The molecule has 1 aromatic rings. The second-order valence-corrected chi connectivity index (χ2v) is 2.90. The quantitative estimate of drug-likeness (QED) is 0.658. The van der Waals surface area contributed by atoms with E-state index >= 15 is 0 Å². The fourth-order valence-electron chi connectivity index (χ4n) is 1.17. The average molecular weight is 185 g/mol. The van der Waals surface area contributed by atoms with E-state index < -0.39 is 12.4 Å². The molecule has 0 spiro atoms. The van der Waals surface area contributed by atoms with Crippen molar-refractivity contribution in [1.82, 2.24) is 0 Å². The van der Waals surface area contributed by atoms with E-state index in [-0.39, 0.29) is 5.76 Å². The van der Waals surface area contributed by atoms with Crippen molar-refractivity contribution >= 4 is 0 Å². The Morgan fingerprint density at radius 3 is 2.46 bits per heavy atom. The SMILES string of the molecule is CCCCCc1oc(=O)oc1C[O]. The van der Waals surface area contributed by atoms with Crippen LogP contribution in [0.2, 0.25) is 0 Å². The van der Waals surface area contributed by atoms with Gasteiger partial charge < -0.3 is 8.83 Å². The average Bonchev–Trinajstić information content (AvgIpc) is 2.47. The molecule has 0 aliphatic heterocycles. The van der Waals surface area contributed by atoms with Crippen molar-refractivity contribution in [2.24, 2.45) is 0 Å². The Hall–Kier alpha value is -1.03. The van der Waals surface area contributed by atoms with Crippen LogP contribution < -0.4 is 5.82 Å². The Balaban J connectivity index is 2.59. The predicted octanol–water partition coefficient (Wildman–Crippen LogP) is 1.90. The van der Waals surface area contributed by atoms with Crippen LogP contribution in [0.3, 0.4) is 0 Å². The second kappa shape index (κ2) is 4.87. The summed E-state index contributed by atoms with van der Waals surface area (Å²) in [6.45, 7) is 1.56. The summed E-state index contributed by atoms with van der Waals surface area (Å²) in [7, 11) is 0. The van der Waals surface area contributed by atoms with Gasteiger partial charge in [0.2, 0.25) is 0 Å². The van der Waals surface area contributed by atoms with Gasteiger partial charge in [-0.15, -0.1) is 0 Å². The molecule has 0 atom stereocenters. The predicted molar refractivity (Wildman–Crippen MR) is 44.9 cm³/mol. The van der Waals surface area contributed by atoms with Crippen molar-refractivity contribution in [1.29, 1.82) is 0 Å². The minimum absolute atomic E-state index is 0.154. The summed E-state index contributed by atoms with van der Waals surface area (Å²) < 4.78 is 9.29. The molecule has 0 fully saturated rings. The molecule has 0 N–H and O–H groups in total. The summed E-state index contributed by atoms with van der Waals surface area (Å²) in [6.07, 6.45) is 3.70. The molecule has 0 saturated heterocycles. The minimum Gasteiger partial charge on any atom is -0.396 e. The van der Waals surface area contributed by atoms with E-state index in [1.165, 1.54) is 0 Å². The van der Waals surface area contributed by atoms with E-state index in [2.05, 4.69) is 11.3 Å². The summed E-state index contributed by atoms with van der Waals surface area (Å²) in [5.74, 6) is -0.188. The zero-order chi connectivity index (χ0) is 9.68. The van der Waals surface area contributed by atoms with Crippen LogP contribution in [0.1, 0.15) is 37.7 Å². The van der Waals surface area contributed by atoms with E-state index in [0.717, 1.165) is 19.3 Å². The van der Waals surface area contributed by atoms with E-state index in [9.17, 15) is 9.90 Å². The summed E-state index contributed by atoms with van der Waals surface area (Å²) >= 11 is 0. The summed E-state index contributed by atoms with van der Waals surface area (Å²) in [5.41, 5.74) is 0. The standard InChI is InChI=1S/C9H13O4/c1-2-3-4-5-7-8(6-10)13-9(11)12-7/h2-6H2,1H3. The third kappa shape index (κ3) is 2.73. The topological polar surface area (TPSA) is 63.2 Å². The van der Waals surface area contributed by atoms with Crippen LogP contribution in [0.25, 0.3) is 0 Å². The molecular formula is C9H13O4. The Kier molecular flexibility index (Phi) is 3.76. The van der Waals surface area contributed by atoms with Gasteiger partial charge >= 0.3 is 5.82 Å². The Bertz CT molecular complexity index is 297. The first kappa shape index (κ1) is 10.1. The van der Waals surface area contributed by atoms with Gasteiger partial charge in [-0.05, 0) is 6.42 Å². The third-order valence-electron chi connectivity index (χ3n) is 1.86. The summed E-state index contributed by atoms with van der Waals surface area (Å²) in [6, 6.07) is 0. The van der Waals surface area contributed by atoms with Crippen LogP contribution in [-0.2, 0) is 18.1 Å². The highest BCUT2D eigenvalue weighted by Gasteiger charge is 2.11. The monoisotopic (exact) mass is 185 g/mol. The minimum atomic E-state index is -0.766. The summed E-state index contributed by atoms with van der Waals surface area (Å²) in [5, 5.41) is 10.5. The largest absolute Gasteiger partial charge is 0.519 e. The van der Waals surface area contributed by atoms with E-state index in [1.807, 2.05) is 0 Å². The number of hydrogen-bond donors (Lipinski definition) is 0. The Morgan fingerprint density at radius 1 is 1.15 bits per heavy atom. The van der Waals surface area contributed by atoms with Crippen molar-refractivity contribution in [3.63, 3.8) is 0 Å². The fraction of sp³-hybridized carbons (Fsp3) is 0.667. The molecule has 1 rings (SSSR count). The van der Waals surface area contributed by atoms with Crippen LogP contribution in [0.4, 0.5) is 0 Å². The maximum Gasteiger partial charge on any atom is 0.519 e. The first-order valence-corrected chi connectivity index (χ1v) is 4.47. The molecule has 0 bridgehead atoms. The van der Waals surface area contributed by atoms with Gasteiger partial charge in [0.05, 0.1) is 0 Å². The van der Waals surface area contributed by atoms with Crippen LogP contribution in [0, 0.1) is 0 Å². The van der Waals surface area contributed by atoms with Gasteiger partial charge in [-0.2, -0.15) is 0 Å². The molecule has 1 radical (unpaired) electrons. The van der Waals surface area contributed by atoms with Gasteiger partial charge in [-0.25, -0.2) is 9.90 Å². The molecule has 4 heteroatoms. The van der Waals surface area contributed by atoms with Crippen LogP contribution in [0.5, 0.6) is 0 Å². The number of hydrogen-bond acceptors (Lipinski definition) is 3. The van der Waals surface area contributed by atoms with Crippen LogP contribution in [-0.4, -0.2) is 0 Å². The van der Waals surface area contributed by atoms with Crippen molar-refractivity contribution in [2.75, 3.05) is 0 Å². The third-order valence-corrected chi connectivity index (χ3v) is 1.86. The van der Waals surface area contributed by atoms with Crippen molar-refractivity contribution in [2.45, 2.75) is 39.2 Å². The molecule has 0 amide bonds. The molecule has 1 heterocycles. The molecule has 0 aromatic carbocycles. The number of aryl methyl sites for hydroxylation is 1. The molecule has 4 nitrogen and oxygen atoms in total. The normalized spacial score (nSPS) is 10.6. The van der Waals surface area contributed by atoms with E-state index in [0.29, 0.717) is 12.2 Å². The number of unbranched alkanes of at least 4 members (excludes halogenated alkanes) is 2. The molecule has 13 heavy (non-hydrogen) atoms. The maximum absolute atomic E-state index is 10.6. The Morgan fingerprint density at radius 2 is 1.85 bits per heavy atom.